The van der Waals surface area contributed by atoms with Crippen molar-refractivity contribution < 1.29 is 27.9 Å². The van der Waals surface area contributed by atoms with E-state index in [1.807, 2.05) is 0 Å². The number of carboxylic acids is 1. The summed E-state index contributed by atoms with van der Waals surface area (Å²) in [7, 11) is 0. The molecule has 1 aliphatic rings. The van der Waals surface area contributed by atoms with Crippen LogP contribution in [0.1, 0.15) is 21.6 Å². The van der Waals surface area contributed by atoms with Crippen molar-refractivity contribution in [1.29, 1.82) is 5.26 Å². The van der Waals surface area contributed by atoms with Gasteiger partial charge in [-0.2, -0.15) is 18.4 Å². The molecule has 1 saturated heterocycles. The van der Waals surface area contributed by atoms with Gasteiger partial charge in [0.05, 0.1) is 11.1 Å². The van der Waals surface area contributed by atoms with E-state index in [1.54, 1.807) is 36.4 Å². The molecule has 1 aliphatic heterocycles. The first-order chi connectivity index (χ1) is 14.2. The maximum atomic E-state index is 13.3. The van der Waals surface area contributed by atoms with Gasteiger partial charge in [-0.3, -0.25) is 0 Å². The number of alkyl halides is 3. The quantitative estimate of drug-likeness (QED) is 0.792. The molecule has 1 fully saturated rings. The molecule has 156 valence electrons. The number of amides is 2. The van der Waals surface area contributed by atoms with E-state index >= 15 is 0 Å². The van der Waals surface area contributed by atoms with Crippen molar-refractivity contribution in [3.8, 4) is 6.07 Å². The number of nitrogens with zero attached hydrogens (tertiary/aromatic N) is 4. The number of para-hydroxylation sites is 1. The second-order valence-corrected chi connectivity index (χ2v) is 6.44. The predicted octanol–water partition coefficient (Wildman–Crippen LogP) is 3.02. The Kier molecular flexibility index (Phi) is 5.77. The van der Waals surface area contributed by atoms with Gasteiger partial charge in [0.15, 0.2) is 5.69 Å². The predicted molar refractivity (Wildman–Crippen MR) is 100 cm³/mol. The number of hydrogen-bond acceptors (Lipinski definition) is 5. The lowest BCUT2D eigenvalue weighted by Crippen LogP contribution is -2.50. The van der Waals surface area contributed by atoms with Gasteiger partial charge in [-0.05, 0) is 18.2 Å². The fraction of sp³-hybridized carbons (Fsp3) is 0.263. The number of anilines is 2. The number of nitrogens with one attached hydrogen (secondary N) is 1. The molecule has 30 heavy (non-hydrogen) atoms. The molecule has 1 aromatic heterocycles. The van der Waals surface area contributed by atoms with Gasteiger partial charge in [0.25, 0.3) is 0 Å². The molecule has 0 aliphatic carbocycles. The third-order valence-electron chi connectivity index (χ3n) is 4.51. The number of benzene rings is 1. The van der Waals surface area contributed by atoms with Gasteiger partial charge in [-0.25, -0.2) is 14.6 Å². The Bertz CT molecular complexity index is 997. The standard InChI is InChI=1S/C19H16F3N5O3/c20-19(21,22)15-14(17(28)29)10-12(11-23)16(25-15)26-6-8-27(9-7-26)18(30)24-13-4-2-1-3-5-13/h1-5,10H,6-9H2,(H,24,30)(H,28,29). The van der Waals surface area contributed by atoms with Crippen LogP contribution in [0.5, 0.6) is 0 Å². The van der Waals surface area contributed by atoms with Crippen molar-refractivity contribution in [3.63, 3.8) is 0 Å². The lowest BCUT2D eigenvalue weighted by Gasteiger charge is -2.36. The fourth-order valence-corrected chi connectivity index (χ4v) is 3.05. The van der Waals surface area contributed by atoms with Crippen LogP contribution in [-0.2, 0) is 6.18 Å². The van der Waals surface area contributed by atoms with E-state index in [4.69, 9.17) is 5.11 Å². The van der Waals surface area contributed by atoms with Crippen LogP contribution in [0, 0.1) is 11.3 Å². The van der Waals surface area contributed by atoms with E-state index in [2.05, 4.69) is 10.3 Å². The van der Waals surface area contributed by atoms with Crippen molar-refractivity contribution in [2.45, 2.75) is 6.18 Å². The zero-order valence-corrected chi connectivity index (χ0v) is 15.5. The lowest BCUT2D eigenvalue weighted by molar-refractivity contribution is -0.141. The van der Waals surface area contributed by atoms with E-state index in [9.17, 15) is 28.0 Å². The largest absolute Gasteiger partial charge is 0.478 e. The average molecular weight is 419 g/mol. The number of aromatic nitrogens is 1. The second-order valence-electron chi connectivity index (χ2n) is 6.44. The maximum Gasteiger partial charge on any atom is 0.434 e. The Morgan fingerprint density at radius 3 is 2.30 bits per heavy atom. The molecule has 2 N–H and O–H groups in total. The van der Waals surface area contributed by atoms with Gasteiger partial charge in [-0.1, -0.05) is 18.2 Å². The summed E-state index contributed by atoms with van der Waals surface area (Å²) in [4.78, 5) is 29.9. The van der Waals surface area contributed by atoms with Crippen LogP contribution in [-0.4, -0.2) is 53.2 Å². The van der Waals surface area contributed by atoms with Crippen molar-refractivity contribution in [2.75, 3.05) is 36.4 Å². The van der Waals surface area contributed by atoms with Gasteiger partial charge in [0.2, 0.25) is 0 Å². The summed E-state index contributed by atoms with van der Waals surface area (Å²) >= 11 is 0. The first kappa shape index (κ1) is 20.9. The van der Waals surface area contributed by atoms with E-state index in [0.29, 0.717) is 11.8 Å². The average Bonchev–Trinajstić information content (AvgIpc) is 2.72. The number of carbonyl (C=O) groups excluding carboxylic acids is 1. The molecule has 2 amide bonds. The van der Waals surface area contributed by atoms with Crippen LogP contribution in [0.25, 0.3) is 0 Å². The lowest BCUT2D eigenvalue weighted by atomic mass is 10.1. The highest BCUT2D eigenvalue weighted by atomic mass is 19.4. The fourth-order valence-electron chi connectivity index (χ4n) is 3.05. The molecule has 1 aromatic carbocycles. The minimum Gasteiger partial charge on any atom is -0.478 e. The molecule has 0 atom stereocenters. The van der Waals surface area contributed by atoms with E-state index in [1.165, 1.54) is 9.80 Å². The Hall–Kier alpha value is -3.81. The zero-order chi connectivity index (χ0) is 21.9. The Morgan fingerprint density at radius 1 is 1.13 bits per heavy atom. The van der Waals surface area contributed by atoms with E-state index in [0.717, 1.165) is 0 Å². The smallest absolute Gasteiger partial charge is 0.434 e. The highest BCUT2D eigenvalue weighted by molar-refractivity contribution is 5.90. The summed E-state index contributed by atoms with van der Waals surface area (Å²) in [6, 6.07) is 10.8. The number of hydrogen-bond donors (Lipinski definition) is 2. The van der Waals surface area contributed by atoms with Crippen molar-refractivity contribution >= 4 is 23.5 Å². The SMILES string of the molecule is N#Cc1cc(C(=O)O)c(C(F)(F)F)nc1N1CCN(C(=O)Nc2ccccc2)CC1. The van der Waals surface area contributed by atoms with Gasteiger partial charge in [0.1, 0.15) is 11.9 Å². The monoisotopic (exact) mass is 419 g/mol. The number of pyridine rings is 1. The molecule has 8 nitrogen and oxygen atoms in total. The molecule has 0 spiro atoms. The zero-order valence-electron chi connectivity index (χ0n) is 15.5. The molecule has 2 heterocycles. The Morgan fingerprint density at radius 2 is 1.77 bits per heavy atom. The van der Waals surface area contributed by atoms with Gasteiger partial charge >= 0.3 is 18.2 Å². The van der Waals surface area contributed by atoms with Crippen molar-refractivity contribution in [2.24, 2.45) is 0 Å². The Labute approximate surface area is 169 Å². The highest BCUT2D eigenvalue weighted by Gasteiger charge is 2.39. The normalized spacial score (nSPS) is 14.2. The minimum absolute atomic E-state index is 0.133. The third kappa shape index (κ3) is 4.43. The van der Waals surface area contributed by atoms with Crippen LogP contribution in [0.3, 0.4) is 0 Å². The Balaban J connectivity index is 1.78. The first-order valence-electron chi connectivity index (χ1n) is 8.82. The molecule has 0 bridgehead atoms. The van der Waals surface area contributed by atoms with Crippen molar-refractivity contribution in [3.05, 3.63) is 53.2 Å². The number of rotatable bonds is 3. The van der Waals surface area contributed by atoms with Crippen LogP contribution in [0.15, 0.2) is 36.4 Å². The summed E-state index contributed by atoms with van der Waals surface area (Å²) in [6.45, 7) is 0.641. The number of piperazine rings is 1. The number of aromatic carboxylic acids is 1. The van der Waals surface area contributed by atoms with Crippen molar-refractivity contribution in [1.82, 2.24) is 9.88 Å². The number of halogens is 3. The molecule has 3 rings (SSSR count). The van der Waals surface area contributed by atoms with E-state index in [-0.39, 0.29) is 43.6 Å². The summed E-state index contributed by atoms with van der Waals surface area (Å²) in [5.41, 5.74) is -2.31. The van der Waals surface area contributed by atoms with E-state index < -0.39 is 23.4 Å². The maximum absolute atomic E-state index is 13.3. The van der Waals surface area contributed by atoms with Crippen LogP contribution in [0.2, 0.25) is 0 Å². The van der Waals surface area contributed by atoms with Gasteiger partial charge < -0.3 is 20.2 Å². The number of urea groups is 1. The molecule has 0 unspecified atom stereocenters. The van der Waals surface area contributed by atoms with Gasteiger partial charge in [-0.15, -0.1) is 0 Å². The minimum atomic E-state index is -4.99. The summed E-state index contributed by atoms with van der Waals surface area (Å²) in [5.74, 6) is -2.07. The molecule has 0 saturated carbocycles. The molecular formula is C19H16F3N5O3. The van der Waals surface area contributed by atoms with Crippen LogP contribution >= 0.6 is 0 Å². The number of carbonyl (C=O) groups is 2. The summed E-state index contributed by atoms with van der Waals surface area (Å²) in [5, 5.41) is 21.1. The first-order valence-corrected chi connectivity index (χ1v) is 8.82. The molecule has 2 aromatic rings. The molecular weight excluding hydrogens is 403 g/mol. The molecule has 11 heteroatoms. The number of nitriles is 1. The third-order valence-corrected chi connectivity index (χ3v) is 4.51. The van der Waals surface area contributed by atoms with Crippen LogP contribution in [0.4, 0.5) is 29.5 Å². The topological polar surface area (TPSA) is 110 Å². The summed E-state index contributed by atoms with van der Waals surface area (Å²) < 4.78 is 39.8. The van der Waals surface area contributed by atoms with Gasteiger partial charge in [0, 0.05) is 31.9 Å². The second kappa shape index (κ2) is 8.28. The van der Waals surface area contributed by atoms with Crippen LogP contribution < -0.4 is 10.2 Å². The summed E-state index contributed by atoms with van der Waals surface area (Å²) in [6.07, 6.45) is -4.99. The highest BCUT2D eigenvalue weighted by Crippen LogP contribution is 2.34. The molecule has 0 radical (unpaired) electrons. The number of carboxylic acid groups (broad SMARTS) is 1.